The van der Waals surface area contributed by atoms with E-state index in [1.165, 1.54) is 5.56 Å². The first-order valence-corrected chi connectivity index (χ1v) is 4.46. The van der Waals surface area contributed by atoms with Crippen molar-refractivity contribution in [3.63, 3.8) is 0 Å². The number of fused-ring (bicyclic) bond motifs is 1. The van der Waals surface area contributed by atoms with Gasteiger partial charge in [-0.3, -0.25) is 4.79 Å². The summed E-state index contributed by atoms with van der Waals surface area (Å²) in [5.74, 6) is 0. The number of rotatable bonds is 0. The van der Waals surface area contributed by atoms with Crippen LogP contribution in [0.1, 0.15) is 11.3 Å². The van der Waals surface area contributed by atoms with Crippen LogP contribution in [-0.4, -0.2) is 4.98 Å². The molecule has 0 saturated heterocycles. The summed E-state index contributed by atoms with van der Waals surface area (Å²) in [5, 5.41) is 3.17. The lowest BCUT2D eigenvalue weighted by atomic mass is 10.2. The predicted octanol–water partition coefficient (Wildman–Crippen LogP) is 0.583. The maximum Gasteiger partial charge on any atom is 0.261 e. The van der Waals surface area contributed by atoms with Crippen LogP contribution in [-0.2, 0) is 13.1 Å². The summed E-state index contributed by atoms with van der Waals surface area (Å²) in [7, 11) is 0. The van der Waals surface area contributed by atoms with Crippen molar-refractivity contribution in [1.29, 1.82) is 0 Å². The van der Waals surface area contributed by atoms with Gasteiger partial charge in [-0.1, -0.05) is 0 Å². The van der Waals surface area contributed by atoms with E-state index in [4.69, 9.17) is 0 Å². The van der Waals surface area contributed by atoms with Gasteiger partial charge in [0.25, 0.3) is 5.56 Å². The molecule has 11 heavy (non-hydrogen) atoms. The fraction of sp³-hybridized carbons (Fsp3) is 0.286. The number of aromatic amines is 1. The monoisotopic (exact) mass is 262 g/mol. The minimum Gasteiger partial charge on any atom is -0.324 e. The Kier molecular flexibility index (Phi) is 1.72. The number of nitrogens with one attached hydrogen (secondary N) is 2. The number of halogens is 1. The topological polar surface area (TPSA) is 44.9 Å². The predicted molar refractivity (Wildman–Crippen MR) is 50.3 cm³/mol. The summed E-state index contributed by atoms with van der Waals surface area (Å²) < 4.78 is 0.769. The van der Waals surface area contributed by atoms with E-state index >= 15 is 0 Å². The van der Waals surface area contributed by atoms with Crippen molar-refractivity contribution >= 4 is 22.6 Å². The highest BCUT2D eigenvalue weighted by atomic mass is 127. The second-order valence-electron chi connectivity index (χ2n) is 2.55. The Morgan fingerprint density at radius 3 is 3.09 bits per heavy atom. The number of hydrogen-bond acceptors (Lipinski definition) is 2. The van der Waals surface area contributed by atoms with E-state index in [0.29, 0.717) is 0 Å². The molecule has 1 aromatic rings. The molecule has 2 N–H and O–H groups in total. The Hall–Kier alpha value is -0.360. The molecule has 58 valence electrons. The molecule has 1 aromatic heterocycles. The van der Waals surface area contributed by atoms with Crippen LogP contribution in [0.4, 0.5) is 0 Å². The van der Waals surface area contributed by atoms with Gasteiger partial charge in [0.1, 0.15) is 0 Å². The molecule has 0 atom stereocenters. The van der Waals surface area contributed by atoms with Crippen molar-refractivity contribution in [2.24, 2.45) is 0 Å². The smallest absolute Gasteiger partial charge is 0.261 e. The van der Waals surface area contributed by atoms with E-state index in [9.17, 15) is 4.79 Å². The maximum absolute atomic E-state index is 11.1. The Morgan fingerprint density at radius 1 is 1.45 bits per heavy atom. The van der Waals surface area contributed by atoms with Gasteiger partial charge >= 0.3 is 0 Å². The molecule has 0 spiro atoms. The van der Waals surface area contributed by atoms with Gasteiger partial charge in [-0.2, -0.15) is 0 Å². The molecular weight excluding hydrogens is 255 g/mol. The first-order valence-electron chi connectivity index (χ1n) is 3.38. The standard InChI is InChI=1S/C7H7IN2O/c8-5-1-4-2-9-3-6(4)10-7(5)11/h1,9H,2-3H2,(H,10,11). The van der Waals surface area contributed by atoms with Gasteiger partial charge in [0.15, 0.2) is 0 Å². The summed E-state index contributed by atoms with van der Waals surface area (Å²) in [4.78, 5) is 13.9. The fourth-order valence-corrected chi connectivity index (χ4v) is 1.73. The molecule has 0 saturated carbocycles. The van der Waals surface area contributed by atoms with Gasteiger partial charge < -0.3 is 10.3 Å². The average Bonchev–Trinajstić information content (AvgIpc) is 2.36. The molecular formula is C7H7IN2O. The third-order valence-corrected chi connectivity index (χ3v) is 2.59. The summed E-state index contributed by atoms with van der Waals surface area (Å²) in [6.07, 6.45) is 0. The lowest BCUT2D eigenvalue weighted by Gasteiger charge is -1.96. The fourth-order valence-electron chi connectivity index (χ4n) is 1.22. The largest absolute Gasteiger partial charge is 0.324 e. The lowest BCUT2D eigenvalue weighted by Crippen LogP contribution is -2.12. The van der Waals surface area contributed by atoms with E-state index in [2.05, 4.69) is 10.3 Å². The quantitative estimate of drug-likeness (QED) is 0.672. The van der Waals surface area contributed by atoms with Gasteiger partial charge in [-0.05, 0) is 34.2 Å². The zero-order valence-electron chi connectivity index (χ0n) is 5.78. The van der Waals surface area contributed by atoms with Crippen LogP contribution in [0.5, 0.6) is 0 Å². The molecule has 2 rings (SSSR count). The molecule has 0 radical (unpaired) electrons. The first-order chi connectivity index (χ1) is 5.27. The molecule has 0 aromatic carbocycles. The highest BCUT2D eigenvalue weighted by Gasteiger charge is 2.11. The molecule has 0 aliphatic carbocycles. The molecule has 1 aliphatic rings. The molecule has 4 heteroatoms. The van der Waals surface area contributed by atoms with Crippen molar-refractivity contribution < 1.29 is 0 Å². The first kappa shape index (κ1) is 7.30. The van der Waals surface area contributed by atoms with Crippen molar-refractivity contribution in [1.82, 2.24) is 10.3 Å². The summed E-state index contributed by atoms with van der Waals surface area (Å²) >= 11 is 2.05. The Bertz CT molecular complexity index is 345. The van der Waals surface area contributed by atoms with Crippen LogP contribution in [0.15, 0.2) is 10.9 Å². The van der Waals surface area contributed by atoms with Crippen molar-refractivity contribution in [2.75, 3.05) is 0 Å². The van der Waals surface area contributed by atoms with Gasteiger partial charge in [0.05, 0.1) is 3.57 Å². The van der Waals surface area contributed by atoms with E-state index in [-0.39, 0.29) is 5.56 Å². The normalized spacial score (nSPS) is 15.0. The lowest BCUT2D eigenvalue weighted by molar-refractivity contribution is 0.757. The Labute approximate surface area is 77.3 Å². The van der Waals surface area contributed by atoms with Crippen molar-refractivity contribution in [3.05, 3.63) is 31.2 Å². The van der Waals surface area contributed by atoms with Crippen LogP contribution in [0.25, 0.3) is 0 Å². The number of pyridine rings is 1. The van der Waals surface area contributed by atoms with Gasteiger partial charge in [-0.25, -0.2) is 0 Å². The molecule has 0 bridgehead atoms. The van der Waals surface area contributed by atoms with E-state index in [1.807, 2.05) is 28.7 Å². The zero-order valence-corrected chi connectivity index (χ0v) is 7.94. The average molecular weight is 262 g/mol. The van der Waals surface area contributed by atoms with Gasteiger partial charge in [0.2, 0.25) is 0 Å². The van der Waals surface area contributed by atoms with E-state index < -0.39 is 0 Å². The SMILES string of the molecule is O=c1[nH]c2c(cc1I)CNC2. The van der Waals surface area contributed by atoms with E-state index in [1.54, 1.807) is 0 Å². The van der Waals surface area contributed by atoms with Crippen LogP contribution in [0.2, 0.25) is 0 Å². The zero-order chi connectivity index (χ0) is 7.84. The number of H-pyrrole nitrogens is 1. The van der Waals surface area contributed by atoms with Crippen LogP contribution in [0, 0.1) is 3.57 Å². The second kappa shape index (κ2) is 2.60. The molecule has 0 unspecified atom stereocenters. The summed E-state index contributed by atoms with van der Waals surface area (Å²) in [6, 6.07) is 1.94. The third kappa shape index (κ3) is 1.20. The highest BCUT2D eigenvalue weighted by molar-refractivity contribution is 14.1. The maximum atomic E-state index is 11.1. The van der Waals surface area contributed by atoms with Gasteiger partial charge in [0, 0.05) is 18.8 Å². The molecule has 1 aliphatic heterocycles. The second-order valence-corrected chi connectivity index (χ2v) is 3.72. The van der Waals surface area contributed by atoms with Crippen LogP contribution < -0.4 is 10.9 Å². The third-order valence-electron chi connectivity index (χ3n) is 1.79. The Morgan fingerprint density at radius 2 is 2.27 bits per heavy atom. The summed E-state index contributed by atoms with van der Waals surface area (Å²) in [6.45, 7) is 1.67. The van der Waals surface area contributed by atoms with E-state index in [0.717, 1.165) is 22.4 Å². The number of aromatic nitrogens is 1. The minimum absolute atomic E-state index is 0.0213. The van der Waals surface area contributed by atoms with Gasteiger partial charge in [-0.15, -0.1) is 0 Å². The van der Waals surface area contributed by atoms with Crippen LogP contribution in [0.3, 0.4) is 0 Å². The Balaban J connectivity index is 2.66. The number of hydrogen-bond donors (Lipinski definition) is 2. The minimum atomic E-state index is 0.0213. The molecule has 3 nitrogen and oxygen atoms in total. The van der Waals surface area contributed by atoms with Crippen LogP contribution >= 0.6 is 22.6 Å². The highest BCUT2D eigenvalue weighted by Crippen LogP contribution is 2.12. The molecule has 0 amide bonds. The summed E-state index contributed by atoms with van der Waals surface area (Å²) in [5.41, 5.74) is 2.28. The van der Waals surface area contributed by atoms with Crippen molar-refractivity contribution in [3.8, 4) is 0 Å². The van der Waals surface area contributed by atoms with Crippen molar-refractivity contribution in [2.45, 2.75) is 13.1 Å². The molecule has 0 fully saturated rings. The molecule has 2 heterocycles.